The van der Waals surface area contributed by atoms with Crippen LogP contribution < -0.4 is 10.2 Å². The van der Waals surface area contributed by atoms with E-state index in [-0.39, 0.29) is 12.3 Å². The molecule has 0 radical (unpaired) electrons. The predicted octanol–water partition coefficient (Wildman–Crippen LogP) is 1.48. The van der Waals surface area contributed by atoms with Crippen LogP contribution in [0.15, 0.2) is 18.2 Å². The number of aliphatic carboxylic acids is 1. The molecule has 1 aliphatic rings. The van der Waals surface area contributed by atoms with Crippen molar-refractivity contribution in [2.75, 3.05) is 23.3 Å². The van der Waals surface area contributed by atoms with Crippen molar-refractivity contribution in [3.63, 3.8) is 0 Å². The van der Waals surface area contributed by atoms with E-state index in [4.69, 9.17) is 5.11 Å². The number of carboxylic acids is 1. The standard InChI is InChI=1S/C13H16N2O3/c1-2-15(6-5-13(17)18)10-3-4-11-9(7-10)8-12(16)14-11/h3-4,7H,2,5-6,8H2,1H3,(H,14,16)(H,17,18). The molecule has 0 aliphatic carbocycles. The molecule has 0 saturated carbocycles. The van der Waals surface area contributed by atoms with Gasteiger partial charge in [-0.3, -0.25) is 9.59 Å². The van der Waals surface area contributed by atoms with Crippen LogP contribution in [0.1, 0.15) is 18.9 Å². The molecule has 0 spiro atoms. The largest absolute Gasteiger partial charge is 0.481 e. The Kier molecular flexibility index (Phi) is 3.50. The lowest BCUT2D eigenvalue weighted by atomic mass is 10.1. The molecule has 1 aromatic carbocycles. The van der Waals surface area contributed by atoms with Gasteiger partial charge in [-0.25, -0.2) is 0 Å². The van der Waals surface area contributed by atoms with Gasteiger partial charge in [-0.2, -0.15) is 0 Å². The van der Waals surface area contributed by atoms with Gasteiger partial charge in [0.25, 0.3) is 0 Å². The Morgan fingerprint density at radius 1 is 1.50 bits per heavy atom. The second kappa shape index (κ2) is 5.08. The molecule has 2 rings (SSSR count). The maximum atomic E-state index is 11.3. The first kappa shape index (κ1) is 12.4. The molecule has 0 fully saturated rings. The summed E-state index contributed by atoms with van der Waals surface area (Å²) < 4.78 is 0. The molecule has 0 atom stereocenters. The Morgan fingerprint density at radius 3 is 2.94 bits per heavy atom. The van der Waals surface area contributed by atoms with Crippen molar-refractivity contribution in [2.45, 2.75) is 19.8 Å². The molecule has 0 bridgehead atoms. The molecule has 1 heterocycles. The summed E-state index contributed by atoms with van der Waals surface area (Å²) in [5.41, 5.74) is 2.80. The Balaban J connectivity index is 2.14. The smallest absolute Gasteiger partial charge is 0.305 e. The number of benzene rings is 1. The molecule has 0 aromatic heterocycles. The number of fused-ring (bicyclic) bond motifs is 1. The molecule has 5 nitrogen and oxygen atoms in total. The molecule has 18 heavy (non-hydrogen) atoms. The summed E-state index contributed by atoms with van der Waals surface area (Å²) in [6.45, 7) is 3.21. The van der Waals surface area contributed by atoms with Crippen molar-refractivity contribution in [2.24, 2.45) is 0 Å². The predicted molar refractivity (Wildman–Crippen MR) is 68.9 cm³/mol. The number of hydrogen-bond acceptors (Lipinski definition) is 3. The lowest BCUT2D eigenvalue weighted by Crippen LogP contribution is -2.25. The van der Waals surface area contributed by atoms with Gasteiger partial charge < -0.3 is 15.3 Å². The second-order valence-corrected chi connectivity index (χ2v) is 4.29. The number of anilines is 2. The first-order valence-corrected chi connectivity index (χ1v) is 5.99. The average molecular weight is 248 g/mol. The van der Waals surface area contributed by atoms with E-state index in [9.17, 15) is 9.59 Å². The highest BCUT2D eigenvalue weighted by molar-refractivity contribution is 5.99. The van der Waals surface area contributed by atoms with Crippen LogP contribution in [0.3, 0.4) is 0 Å². The molecular weight excluding hydrogens is 232 g/mol. The van der Waals surface area contributed by atoms with Crippen LogP contribution in [-0.4, -0.2) is 30.1 Å². The Hall–Kier alpha value is -2.04. The Morgan fingerprint density at radius 2 is 2.28 bits per heavy atom. The fraction of sp³-hybridized carbons (Fsp3) is 0.385. The van der Waals surface area contributed by atoms with Gasteiger partial charge in [0.15, 0.2) is 0 Å². The van der Waals surface area contributed by atoms with E-state index in [1.165, 1.54) is 0 Å². The van der Waals surface area contributed by atoms with Crippen molar-refractivity contribution in [3.05, 3.63) is 23.8 Å². The van der Waals surface area contributed by atoms with Crippen molar-refractivity contribution in [1.29, 1.82) is 0 Å². The molecular formula is C13H16N2O3. The SMILES string of the molecule is CCN(CCC(=O)O)c1ccc2c(c1)CC(=O)N2. The quantitative estimate of drug-likeness (QED) is 0.828. The molecule has 1 amide bonds. The Bertz CT molecular complexity index is 485. The number of carboxylic acid groups (broad SMARTS) is 1. The van der Waals surface area contributed by atoms with E-state index >= 15 is 0 Å². The average Bonchev–Trinajstić information content (AvgIpc) is 2.68. The fourth-order valence-corrected chi connectivity index (χ4v) is 2.11. The summed E-state index contributed by atoms with van der Waals surface area (Å²) in [5, 5.41) is 11.5. The topological polar surface area (TPSA) is 69.6 Å². The molecule has 0 unspecified atom stereocenters. The van der Waals surface area contributed by atoms with Crippen molar-refractivity contribution in [3.8, 4) is 0 Å². The fourth-order valence-electron chi connectivity index (χ4n) is 2.11. The van der Waals surface area contributed by atoms with E-state index in [1.807, 2.05) is 30.0 Å². The minimum absolute atomic E-state index is 0.00994. The van der Waals surface area contributed by atoms with Crippen LogP contribution >= 0.6 is 0 Å². The van der Waals surface area contributed by atoms with E-state index < -0.39 is 5.97 Å². The van der Waals surface area contributed by atoms with Gasteiger partial charge in [0.1, 0.15) is 0 Å². The lowest BCUT2D eigenvalue weighted by molar-refractivity contribution is -0.136. The van der Waals surface area contributed by atoms with Crippen LogP contribution in [0.2, 0.25) is 0 Å². The molecule has 96 valence electrons. The second-order valence-electron chi connectivity index (χ2n) is 4.29. The monoisotopic (exact) mass is 248 g/mol. The molecule has 0 saturated heterocycles. The van der Waals surface area contributed by atoms with Crippen LogP contribution in [-0.2, 0) is 16.0 Å². The minimum atomic E-state index is -0.800. The van der Waals surface area contributed by atoms with E-state index in [0.717, 1.165) is 23.5 Å². The number of nitrogens with zero attached hydrogens (tertiary/aromatic N) is 1. The van der Waals surface area contributed by atoms with Gasteiger partial charge in [0.05, 0.1) is 12.8 Å². The van der Waals surface area contributed by atoms with Gasteiger partial charge in [0.2, 0.25) is 5.91 Å². The van der Waals surface area contributed by atoms with Crippen molar-refractivity contribution >= 4 is 23.3 Å². The van der Waals surface area contributed by atoms with Gasteiger partial charge in [-0.1, -0.05) is 0 Å². The zero-order valence-corrected chi connectivity index (χ0v) is 10.3. The van der Waals surface area contributed by atoms with E-state index in [1.54, 1.807) is 0 Å². The highest BCUT2D eigenvalue weighted by Gasteiger charge is 2.18. The Labute approximate surface area is 105 Å². The summed E-state index contributed by atoms with van der Waals surface area (Å²) in [5.74, 6) is -0.790. The summed E-state index contributed by atoms with van der Waals surface area (Å²) in [6.07, 6.45) is 0.516. The molecule has 1 aliphatic heterocycles. The zero-order valence-electron chi connectivity index (χ0n) is 10.3. The number of nitrogens with one attached hydrogen (secondary N) is 1. The van der Waals surface area contributed by atoms with Gasteiger partial charge in [-0.15, -0.1) is 0 Å². The maximum absolute atomic E-state index is 11.3. The maximum Gasteiger partial charge on any atom is 0.305 e. The third-order valence-electron chi connectivity index (χ3n) is 3.06. The lowest BCUT2D eigenvalue weighted by Gasteiger charge is -2.22. The number of amides is 1. The van der Waals surface area contributed by atoms with Gasteiger partial charge in [0, 0.05) is 24.5 Å². The van der Waals surface area contributed by atoms with Crippen LogP contribution in [0.25, 0.3) is 0 Å². The van der Waals surface area contributed by atoms with Crippen LogP contribution in [0.5, 0.6) is 0 Å². The van der Waals surface area contributed by atoms with Gasteiger partial charge in [-0.05, 0) is 30.7 Å². The summed E-state index contributed by atoms with van der Waals surface area (Å²) in [4.78, 5) is 23.9. The van der Waals surface area contributed by atoms with E-state index in [2.05, 4.69) is 5.32 Å². The first-order chi connectivity index (χ1) is 8.60. The number of rotatable bonds is 5. The molecule has 1 aromatic rings. The first-order valence-electron chi connectivity index (χ1n) is 5.99. The summed E-state index contributed by atoms with van der Waals surface area (Å²) >= 11 is 0. The third-order valence-corrected chi connectivity index (χ3v) is 3.06. The zero-order chi connectivity index (χ0) is 13.1. The van der Waals surface area contributed by atoms with Crippen LogP contribution in [0, 0.1) is 0 Å². The number of carbonyl (C=O) groups is 2. The minimum Gasteiger partial charge on any atom is -0.481 e. The van der Waals surface area contributed by atoms with E-state index in [0.29, 0.717) is 13.0 Å². The normalized spacial score (nSPS) is 13.1. The summed E-state index contributed by atoms with van der Waals surface area (Å²) in [7, 11) is 0. The van der Waals surface area contributed by atoms with Crippen LogP contribution in [0.4, 0.5) is 11.4 Å². The van der Waals surface area contributed by atoms with Crippen molar-refractivity contribution < 1.29 is 14.7 Å². The van der Waals surface area contributed by atoms with Gasteiger partial charge >= 0.3 is 5.97 Å². The number of carbonyl (C=O) groups excluding carboxylic acids is 1. The summed E-state index contributed by atoms with van der Waals surface area (Å²) in [6, 6.07) is 5.74. The molecule has 5 heteroatoms. The highest BCUT2D eigenvalue weighted by atomic mass is 16.4. The molecule has 2 N–H and O–H groups in total. The number of hydrogen-bond donors (Lipinski definition) is 2. The van der Waals surface area contributed by atoms with Crippen molar-refractivity contribution in [1.82, 2.24) is 0 Å². The highest BCUT2D eigenvalue weighted by Crippen LogP contribution is 2.27. The third kappa shape index (κ3) is 2.61.